The molecule has 1 aliphatic carbocycles. The molecule has 3 aromatic rings. The Kier molecular flexibility index (Phi) is 4.03. The predicted molar refractivity (Wildman–Crippen MR) is 94.7 cm³/mol. The smallest absolute Gasteiger partial charge is 0.303 e. The minimum absolute atomic E-state index is 0.278. The Morgan fingerprint density at radius 2 is 2.00 bits per heavy atom. The van der Waals surface area contributed by atoms with E-state index in [0.29, 0.717) is 0 Å². The summed E-state index contributed by atoms with van der Waals surface area (Å²) in [5.41, 5.74) is 5.51. The third kappa shape index (κ3) is 2.87. The number of benzene rings is 1. The second-order valence-electron chi connectivity index (χ2n) is 6.43. The van der Waals surface area contributed by atoms with Crippen molar-refractivity contribution in [2.75, 3.05) is 0 Å². The van der Waals surface area contributed by atoms with Crippen LogP contribution >= 0.6 is 0 Å². The van der Waals surface area contributed by atoms with Gasteiger partial charge in [0.25, 0.3) is 0 Å². The molecular weight excluding hydrogens is 333 g/mol. The number of fused-ring (bicyclic) bond motifs is 1. The van der Waals surface area contributed by atoms with Gasteiger partial charge in [-0.15, -0.1) is 0 Å². The Hall–Kier alpha value is -3.02. The Balaban J connectivity index is 1.82. The van der Waals surface area contributed by atoms with Crippen LogP contribution in [-0.4, -0.2) is 20.7 Å². The Morgan fingerprint density at radius 1 is 1.23 bits per heavy atom. The Bertz CT molecular complexity index is 979. The summed E-state index contributed by atoms with van der Waals surface area (Å²) in [5.74, 6) is -0.580. The van der Waals surface area contributed by atoms with Crippen molar-refractivity contribution in [2.45, 2.75) is 25.9 Å². The summed E-state index contributed by atoms with van der Waals surface area (Å²) in [6.07, 6.45) is 4.90. The first-order valence-electron chi connectivity index (χ1n) is 8.48. The van der Waals surface area contributed by atoms with E-state index in [1.165, 1.54) is 19.1 Å². The number of halogens is 1. The van der Waals surface area contributed by atoms with Gasteiger partial charge < -0.3 is 4.74 Å². The summed E-state index contributed by atoms with van der Waals surface area (Å²) in [6, 6.07) is 8.27. The van der Waals surface area contributed by atoms with E-state index in [2.05, 4.69) is 10.1 Å². The first kappa shape index (κ1) is 16.4. The maximum atomic E-state index is 13.3. The van der Waals surface area contributed by atoms with E-state index in [1.54, 1.807) is 23.0 Å². The molecule has 132 valence electrons. The molecule has 1 aliphatic rings. The standard InChI is InChI=1S/C20H18FN3O2/c1-12(25)26-18-8-7-16-15(9-10-22-20(16)18)17-11-24(2)23-19(17)13-3-5-14(21)6-4-13/h3-6,9-11,18H,7-8H2,1-2H3. The van der Waals surface area contributed by atoms with Gasteiger partial charge >= 0.3 is 5.97 Å². The van der Waals surface area contributed by atoms with Crippen molar-refractivity contribution in [1.82, 2.24) is 14.8 Å². The Labute approximate surface area is 150 Å². The lowest BCUT2D eigenvalue weighted by Gasteiger charge is -2.12. The largest absolute Gasteiger partial charge is 0.456 e. The lowest BCUT2D eigenvalue weighted by molar-refractivity contribution is -0.146. The molecule has 6 heteroatoms. The number of hydrogen-bond acceptors (Lipinski definition) is 4. The van der Waals surface area contributed by atoms with Gasteiger partial charge in [0, 0.05) is 37.5 Å². The molecule has 0 radical (unpaired) electrons. The van der Waals surface area contributed by atoms with Gasteiger partial charge in [-0.05, 0) is 54.3 Å². The van der Waals surface area contributed by atoms with Crippen LogP contribution in [0.4, 0.5) is 4.39 Å². The topological polar surface area (TPSA) is 57.0 Å². The molecular formula is C20H18FN3O2. The van der Waals surface area contributed by atoms with Crippen molar-refractivity contribution < 1.29 is 13.9 Å². The molecule has 0 aliphatic heterocycles. The van der Waals surface area contributed by atoms with Crippen LogP contribution in [0.5, 0.6) is 0 Å². The molecule has 4 rings (SSSR count). The summed E-state index contributed by atoms with van der Waals surface area (Å²) < 4.78 is 20.4. The summed E-state index contributed by atoms with van der Waals surface area (Å²) in [6.45, 7) is 1.41. The average molecular weight is 351 g/mol. The van der Waals surface area contributed by atoms with Crippen LogP contribution < -0.4 is 0 Å². The van der Waals surface area contributed by atoms with Gasteiger partial charge in [-0.25, -0.2) is 4.39 Å². The van der Waals surface area contributed by atoms with Gasteiger partial charge in [0.1, 0.15) is 17.6 Å². The van der Waals surface area contributed by atoms with Crippen molar-refractivity contribution in [1.29, 1.82) is 0 Å². The summed E-state index contributed by atoms with van der Waals surface area (Å²) in [5, 5.41) is 4.57. The second kappa shape index (κ2) is 6.37. The van der Waals surface area contributed by atoms with Gasteiger partial charge in [0.05, 0.1) is 5.69 Å². The van der Waals surface area contributed by atoms with Crippen molar-refractivity contribution in [3.63, 3.8) is 0 Å². The zero-order chi connectivity index (χ0) is 18.3. The number of rotatable bonds is 3. The molecule has 0 fully saturated rings. The van der Waals surface area contributed by atoms with Crippen LogP contribution in [0.25, 0.3) is 22.4 Å². The molecule has 2 aromatic heterocycles. The van der Waals surface area contributed by atoms with E-state index < -0.39 is 0 Å². The van der Waals surface area contributed by atoms with E-state index in [0.717, 1.165) is 46.5 Å². The fraction of sp³-hybridized carbons (Fsp3) is 0.250. The third-order valence-corrected chi connectivity index (χ3v) is 4.60. The highest BCUT2D eigenvalue weighted by Crippen LogP contribution is 2.40. The van der Waals surface area contributed by atoms with Crippen LogP contribution in [0.2, 0.25) is 0 Å². The number of pyridine rings is 1. The van der Waals surface area contributed by atoms with E-state index in [4.69, 9.17) is 4.74 Å². The zero-order valence-electron chi connectivity index (χ0n) is 14.6. The fourth-order valence-corrected chi connectivity index (χ4v) is 3.53. The lowest BCUT2D eigenvalue weighted by atomic mass is 9.97. The molecule has 1 unspecified atom stereocenters. The number of nitrogens with zero attached hydrogens (tertiary/aromatic N) is 3. The second-order valence-corrected chi connectivity index (χ2v) is 6.43. The molecule has 0 spiro atoms. The normalized spacial score (nSPS) is 15.7. The number of carbonyl (C=O) groups is 1. The maximum absolute atomic E-state index is 13.3. The van der Waals surface area contributed by atoms with Crippen molar-refractivity contribution in [3.05, 3.63) is 59.8 Å². The average Bonchev–Trinajstić information content (AvgIpc) is 3.19. The van der Waals surface area contributed by atoms with Crippen molar-refractivity contribution in [3.8, 4) is 22.4 Å². The fourth-order valence-electron chi connectivity index (χ4n) is 3.53. The van der Waals surface area contributed by atoms with E-state index in [-0.39, 0.29) is 17.9 Å². The van der Waals surface area contributed by atoms with Crippen LogP contribution in [0.15, 0.2) is 42.7 Å². The van der Waals surface area contributed by atoms with Gasteiger partial charge in [-0.2, -0.15) is 5.10 Å². The summed E-state index contributed by atoms with van der Waals surface area (Å²) in [4.78, 5) is 15.8. The monoisotopic (exact) mass is 351 g/mol. The lowest BCUT2D eigenvalue weighted by Crippen LogP contribution is -2.06. The van der Waals surface area contributed by atoms with Crippen molar-refractivity contribution >= 4 is 5.97 Å². The number of carbonyl (C=O) groups excluding carboxylic acids is 1. The minimum Gasteiger partial charge on any atom is -0.456 e. The minimum atomic E-state index is -0.302. The highest BCUT2D eigenvalue weighted by Gasteiger charge is 2.29. The quantitative estimate of drug-likeness (QED) is 0.673. The highest BCUT2D eigenvalue weighted by atomic mass is 19.1. The van der Waals surface area contributed by atoms with E-state index >= 15 is 0 Å². The predicted octanol–water partition coefficient (Wildman–Crippen LogP) is 3.84. The molecule has 0 bridgehead atoms. The molecule has 5 nitrogen and oxygen atoms in total. The molecule has 2 heterocycles. The van der Waals surface area contributed by atoms with E-state index in [9.17, 15) is 9.18 Å². The van der Waals surface area contributed by atoms with Gasteiger partial charge in [0.15, 0.2) is 0 Å². The third-order valence-electron chi connectivity index (χ3n) is 4.60. The first-order chi connectivity index (χ1) is 12.5. The molecule has 0 amide bonds. The van der Waals surface area contributed by atoms with Crippen LogP contribution in [0.3, 0.4) is 0 Å². The van der Waals surface area contributed by atoms with Crippen LogP contribution in [-0.2, 0) is 23.0 Å². The molecule has 1 aromatic carbocycles. The molecule has 1 atom stereocenters. The number of hydrogen-bond donors (Lipinski definition) is 0. The summed E-state index contributed by atoms with van der Waals surface area (Å²) in [7, 11) is 1.86. The highest BCUT2D eigenvalue weighted by molar-refractivity contribution is 5.82. The van der Waals surface area contributed by atoms with Crippen LogP contribution in [0, 0.1) is 5.82 Å². The Morgan fingerprint density at radius 3 is 2.73 bits per heavy atom. The van der Waals surface area contributed by atoms with Gasteiger partial charge in [-0.1, -0.05) is 0 Å². The van der Waals surface area contributed by atoms with Crippen LogP contribution in [0.1, 0.15) is 30.7 Å². The summed E-state index contributed by atoms with van der Waals surface area (Å²) >= 11 is 0. The van der Waals surface area contributed by atoms with Gasteiger partial charge in [-0.3, -0.25) is 14.5 Å². The number of aryl methyl sites for hydroxylation is 1. The number of aromatic nitrogens is 3. The molecule has 0 N–H and O–H groups in total. The zero-order valence-corrected chi connectivity index (χ0v) is 14.6. The van der Waals surface area contributed by atoms with Gasteiger partial charge in [0.2, 0.25) is 0 Å². The molecule has 26 heavy (non-hydrogen) atoms. The van der Waals surface area contributed by atoms with Crippen molar-refractivity contribution in [2.24, 2.45) is 7.05 Å². The molecule has 0 saturated heterocycles. The number of esters is 1. The first-order valence-corrected chi connectivity index (χ1v) is 8.48. The SMILES string of the molecule is CC(=O)OC1CCc2c(-c3cn(C)nc3-c3ccc(F)cc3)ccnc21. The number of ether oxygens (including phenoxy) is 1. The molecule has 0 saturated carbocycles. The van der Waals surface area contributed by atoms with E-state index in [1.807, 2.05) is 19.3 Å². The maximum Gasteiger partial charge on any atom is 0.303 e.